The van der Waals surface area contributed by atoms with Gasteiger partial charge in [-0.25, -0.2) is 4.98 Å². The van der Waals surface area contributed by atoms with E-state index >= 15 is 0 Å². The number of anilines is 1. The van der Waals surface area contributed by atoms with Crippen molar-refractivity contribution in [1.29, 1.82) is 0 Å². The molecule has 4 nitrogen and oxygen atoms in total. The minimum absolute atomic E-state index is 0.622. The van der Waals surface area contributed by atoms with Crippen LogP contribution in [-0.2, 0) is 0 Å². The minimum Gasteiger partial charge on any atom is -0.477 e. The van der Waals surface area contributed by atoms with Crippen LogP contribution in [0.25, 0.3) is 0 Å². The van der Waals surface area contributed by atoms with Crippen molar-refractivity contribution in [1.82, 2.24) is 9.97 Å². The lowest BCUT2D eigenvalue weighted by Gasteiger charge is -2.16. The number of ether oxygens (including phenoxy) is 1. The van der Waals surface area contributed by atoms with Crippen molar-refractivity contribution >= 4 is 5.95 Å². The summed E-state index contributed by atoms with van der Waals surface area (Å²) in [5.41, 5.74) is 0.998. The Hall–Kier alpha value is -1.32. The van der Waals surface area contributed by atoms with E-state index in [9.17, 15) is 0 Å². The Kier molecular flexibility index (Phi) is 8.00. The average molecular weight is 279 g/mol. The second kappa shape index (κ2) is 9.56. The normalized spacial score (nSPS) is 12.2. The highest BCUT2D eigenvalue weighted by molar-refractivity contribution is 5.32. The van der Waals surface area contributed by atoms with E-state index in [1.165, 1.54) is 19.3 Å². The molecule has 1 aromatic rings. The molecule has 20 heavy (non-hydrogen) atoms. The number of hydrogen-bond acceptors (Lipinski definition) is 4. The van der Waals surface area contributed by atoms with Crippen molar-refractivity contribution in [3.05, 3.63) is 11.8 Å². The lowest BCUT2D eigenvalue weighted by molar-refractivity contribution is 0.224. The quantitative estimate of drug-likeness (QED) is 0.697. The van der Waals surface area contributed by atoms with Crippen molar-refractivity contribution in [2.75, 3.05) is 18.5 Å². The van der Waals surface area contributed by atoms with Gasteiger partial charge in [-0.1, -0.05) is 40.0 Å². The molecule has 0 saturated carbocycles. The highest BCUT2D eigenvalue weighted by Crippen LogP contribution is 2.19. The zero-order valence-corrected chi connectivity index (χ0v) is 13.4. The number of aryl methyl sites for hydroxylation is 1. The molecule has 0 radical (unpaired) electrons. The number of hydrogen-bond donors (Lipinski definition) is 1. The average Bonchev–Trinajstić information content (AvgIpc) is 2.47. The van der Waals surface area contributed by atoms with Crippen LogP contribution in [0.3, 0.4) is 0 Å². The van der Waals surface area contributed by atoms with E-state index in [0.717, 1.165) is 31.6 Å². The Morgan fingerprint density at radius 1 is 1.25 bits per heavy atom. The first-order valence-electron chi connectivity index (χ1n) is 7.91. The fourth-order valence-electron chi connectivity index (χ4n) is 1.99. The Morgan fingerprint density at radius 3 is 2.70 bits per heavy atom. The Bertz CT molecular complexity index is 382. The molecule has 0 saturated heterocycles. The van der Waals surface area contributed by atoms with E-state index in [1.807, 2.05) is 13.1 Å². The Labute approximate surface area is 123 Å². The van der Waals surface area contributed by atoms with Crippen LogP contribution in [-0.4, -0.2) is 23.1 Å². The topological polar surface area (TPSA) is 47.0 Å². The lowest BCUT2D eigenvalue weighted by Crippen LogP contribution is -2.13. The molecule has 0 aliphatic rings. The summed E-state index contributed by atoms with van der Waals surface area (Å²) in [4.78, 5) is 8.72. The maximum atomic E-state index is 5.92. The third-order valence-corrected chi connectivity index (χ3v) is 3.46. The third kappa shape index (κ3) is 5.76. The summed E-state index contributed by atoms with van der Waals surface area (Å²) in [6.07, 6.45) is 7.79. The molecule has 0 amide bonds. The van der Waals surface area contributed by atoms with Gasteiger partial charge >= 0.3 is 0 Å². The van der Waals surface area contributed by atoms with Crippen molar-refractivity contribution in [3.63, 3.8) is 0 Å². The smallest absolute Gasteiger partial charge is 0.225 e. The maximum Gasteiger partial charge on any atom is 0.225 e. The molecular weight excluding hydrogens is 250 g/mol. The van der Waals surface area contributed by atoms with E-state index in [1.54, 1.807) is 0 Å². The molecule has 0 aromatic carbocycles. The van der Waals surface area contributed by atoms with Crippen molar-refractivity contribution in [2.45, 2.75) is 59.8 Å². The largest absolute Gasteiger partial charge is 0.477 e. The van der Waals surface area contributed by atoms with Gasteiger partial charge in [-0.05, 0) is 25.7 Å². The molecule has 1 unspecified atom stereocenters. The number of nitrogens with one attached hydrogen (secondary N) is 1. The fourth-order valence-corrected chi connectivity index (χ4v) is 1.99. The van der Waals surface area contributed by atoms with E-state index in [-0.39, 0.29) is 0 Å². The monoisotopic (exact) mass is 279 g/mol. The van der Waals surface area contributed by atoms with Crippen molar-refractivity contribution < 1.29 is 4.74 Å². The van der Waals surface area contributed by atoms with Crippen LogP contribution in [0.15, 0.2) is 6.20 Å². The highest BCUT2D eigenvalue weighted by Gasteiger charge is 2.10. The van der Waals surface area contributed by atoms with Gasteiger partial charge in [-0.2, -0.15) is 4.98 Å². The molecule has 1 aromatic heterocycles. The molecule has 0 bridgehead atoms. The van der Waals surface area contributed by atoms with Crippen LogP contribution in [0.1, 0.15) is 58.4 Å². The zero-order valence-electron chi connectivity index (χ0n) is 13.4. The van der Waals surface area contributed by atoms with Gasteiger partial charge < -0.3 is 10.1 Å². The van der Waals surface area contributed by atoms with Gasteiger partial charge in [0.25, 0.3) is 0 Å². The predicted molar refractivity (Wildman–Crippen MR) is 84.4 cm³/mol. The molecule has 4 heteroatoms. The maximum absolute atomic E-state index is 5.92. The van der Waals surface area contributed by atoms with Gasteiger partial charge in [-0.3, -0.25) is 0 Å². The Morgan fingerprint density at radius 2 is 2.05 bits per heavy atom. The number of aromatic nitrogens is 2. The van der Waals surface area contributed by atoms with Gasteiger partial charge in [0.2, 0.25) is 11.8 Å². The third-order valence-electron chi connectivity index (χ3n) is 3.46. The van der Waals surface area contributed by atoms with Gasteiger partial charge in [0.1, 0.15) is 0 Å². The van der Waals surface area contributed by atoms with Gasteiger partial charge in [0, 0.05) is 18.3 Å². The van der Waals surface area contributed by atoms with Crippen LogP contribution >= 0.6 is 0 Å². The Balaban J connectivity index is 2.56. The van der Waals surface area contributed by atoms with Crippen molar-refractivity contribution in [3.8, 4) is 5.88 Å². The molecule has 0 aliphatic carbocycles. The van der Waals surface area contributed by atoms with E-state index in [0.29, 0.717) is 17.7 Å². The molecule has 1 heterocycles. The van der Waals surface area contributed by atoms with E-state index in [2.05, 4.69) is 36.1 Å². The lowest BCUT2D eigenvalue weighted by atomic mass is 10.0. The molecule has 0 spiro atoms. The molecule has 0 fully saturated rings. The van der Waals surface area contributed by atoms with Crippen LogP contribution in [0, 0.1) is 12.8 Å². The van der Waals surface area contributed by atoms with Gasteiger partial charge in [-0.15, -0.1) is 0 Å². The van der Waals surface area contributed by atoms with Gasteiger partial charge in [0.05, 0.1) is 6.61 Å². The predicted octanol–water partition coefficient (Wildman–Crippen LogP) is 4.20. The second-order valence-electron chi connectivity index (χ2n) is 5.34. The molecule has 1 atom stereocenters. The van der Waals surface area contributed by atoms with E-state index < -0.39 is 0 Å². The number of rotatable bonds is 10. The minimum atomic E-state index is 0.622. The van der Waals surface area contributed by atoms with Crippen LogP contribution in [0.5, 0.6) is 5.88 Å². The first-order chi connectivity index (χ1) is 9.71. The first kappa shape index (κ1) is 16.7. The van der Waals surface area contributed by atoms with Crippen LogP contribution in [0.4, 0.5) is 5.95 Å². The molecule has 1 rings (SSSR count). The summed E-state index contributed by atoms with van der Waals surface area (Å²) in [6.45, 7) is 10.2. The zero-order chi connectivity index (χ0) is 14.8. The van der Waals surface area contributed by atoms with Crippen LogP contribution < -0.4 is 10.1 Å². The summed E-state index contributed by atoms with van der Waals surface area (Å²) in [7, 11) is 0. The van der Waals surface area contributed by atoms with E-state index in [4.69, 9.17) is 4.74 Å². The molecule has 114 valence electrons. The SMILES string of the molecule is CCCCC(CC)COc1nc(NCCC)ncc1C. The highest BCUT2D eigenvalue weighted by atomic mass is 16.5. The second-order valence-corrected chi connectivity index (χ2v) is 5.34. The number of nitrogens with zero attached hydrogens (tertiary/aromatic N) is 2. The summed E-state index contributed by atoms with van der Waals surface area (Å²) in [5, 5.41) is 3.20. The number of unbranched alkanes of at least 4 members (excludes halogenated alkanes) is 1. The summed E-state index contributed by atoms with van der Waals surface area (Å²) in [6, 6.07) is 0. The standard InChI is InChI=1S/C16H29N3O/c1-5-8-9-14(7-3)12-20-15-13(4)11-18-16(19-15)17-10-6-2/h11,14H,5-10,12H2,1-4H3,(H,17,18,19). The fraction of sp³-hybridized carbons (Fsp3) is 0.750. The van der Waals surface area contributed by atoms with Crippen LogP contribution in [0.2, 0.25) is 0 Å². The first-order valence-corrected chi connectivity index (χ1v) is 7.91. The summed E-state index contributed by atoms with van der Waals surface area (Å²) in [5.74, 6) is 2.00. The molecule has 1 N–H and O–H groups in total. The summed E-state index contributed by atoms with van der Waals surface area (Å²) < 4.78 is 5.92. The summed E-state index contributed by atoms with van der Waals surface area (Å²) >= 11 is 0. The van der Waals surface area contributed by atoms with Crippen molar-refractivity contribution in [2.24, 2.45) is 5.92 Å². The molecule has 0 aliphatic heterocycles. The molecular formula is C16H29N3O. The van der Waals surface area contributed by atoms with Gasteiger partial charge in [0.15, 0.2) is 0 Å².